The van der Waals surface area contributed by atoms with Gasteiger partial charge in [0.05, 0.1) is 9.85 Å². The van der Waals surface area contributed by atoms with Crippen molar-refractivity contribution in [2.24, 2.45) is 0 Å². The Hall–Kier alpha value is -0.940. The molecule has 0 unspecified atom stereocenters. The van der Waals surface area contributed by atoms with Crippen molar-refractivity contribution in [3.63, 3.8) is 0 Å². The van der Waals surface area contributed by atoms with Crippen molar-refractivity contribution >= 4 is 31.6 Å². The number of nitro groups is 2. The van der Waals surface area contributed by atoms with E-state index in [9.17, 15) is 46.2 Å². The van der Waals surface area contributed by atoms with E-state index in [0.29, 0.717) is 0 Å². The number of para-hydroxylation sites is 2. The Morgan fingerprint density at radius 1 is 0.607 bits per heavy atom. The monoisotopic (exact) mass is 450 g/mol. The summed E-state index contributed by atoms with van der Waals surface area (Å²) in [6.07, 6.45) is 0. The van der Waals surface area contributed by atoms with E-state index in [1.165, 1.54) is 24.3 Å². The Balaban J connectivity index is 0. The Morgan fingerprint density at radius 2 is 0.857 bits per heavy atom. The Kier molecular flexibility index (Phi) is 12.5. The van der Waals surface area contributed by atoms with Gasteiger partial charge in [0.1, 0.15) is 30.0 Å². The van der Waals surface area contributed by atoms with Gasteiger partial charge in [-0.15, -0.1) is 0 Å². The minimum Gasteiger partial charge on any atom is -0.744 e. The molecule has 0 aliphatic heterocycles. The zero-order valence-corrected chi connectivity index (χ0v) is 20.0. The van der Waals surface area contributed by atoms with Crippen LogP contribution in [0.2, 0.25) is 0 Å². The molecule has 0 N–H and O–H groups in total. The predicted molar refractivity (Wildman–Crippen MR) is 82.1 cm³/mol. The molecule has 0 heterocycles. The van der Waals surface area contributed by atoms with E-state index in [1.807, 2.05) is 0 Å². The van der Waals surface area contributed by atoms with Crippen LogP contribution in [0, 0.1) is 20.2 Å². The summed E-state index contributed by atoms with van der Waals surface area (Å²) in [6.45, 7) is 0. The van der Waals surface area contributed by atoms with E-state index in [-0.39, 0.29) is 59.1 Å². The summed E-state index contributed by atoms with van der Waals surface area (Å²) in [5.74, 6) is 0. The van der Waals surface area contributed by atoms with Crippen LogP contribution in [0.3, 0.4) is 0 Å². The molecule has 0 bridgehead atoms. The van der Waals surface area contributed by atoms with Gasteiger partial charge < -0.3 is 9.11 Å². The minimum absolute atomic E-state index is 0. The first-order chi connectivity index (χ1) is 11.9. The number of nitrogens with zero attached hydrogens (tertiary/aromatic N) is 2. The van der Waals surface area contributed by atoms with E-state index in [2.05, 4.69) is 0 Å². The van der Waals surface area contributed by atoms with E-state index in [4.69, 9.17) is 0 Å². The molecule has 2 rings (SSSR count). The van der Waals surface area contributed by atoms with Crippen LogP contribution in [0.5, 0.6) is 0 Å². The molecule has 28 heavy (non-hydrogen) atoms. The van der Waals surface area contributed by atoms with Gasteiger partial charge in [0, 0.05) is 12.1 Å². The first-order valence-corrected chi connectivity index (χ1v) is 9.06. The van der Waals surface area contributed by atoms with Crippen molar-refractivity contribution < 1.29 is 94.9 Å². The molecule has 0 radical (unpaired) electrons. The fourth-order valence-electron chi connectivity index (χ4n) is 1.64. The third-order valence-electron chi connectivity index (χ3n) is 2.66. The summed E-state index contributed by atoms with van der Waals surface area (Å²) in [4.78, 5) is 17.1. The summed E-state index contributed by atoms with van der Waals surface area (Å²) in [6, 6.07) is 8.80. The van der Waals surface area contributed by atoms with Gasteiger partial charge in [0.2, 0.25) is 0 Å². The molecule has 0 aromatic heterocycles. The van der Waals surface area contributed by atoms with Crippen LogP contribution in [0.15, 0.2) is 58.3 Å². The van der Waals surface area contributed by atoms with Crippen molar-refractivity contribution in [3.8, 4) is 0 Å². The molecule has 0 amide bonds. The molecule has 0 fully saturated rings. The van der Waals surface area contributed by atoms with E-state index >= 15 is 0 Å². The molecule has 12 nitrogen and oxygen atoms in total. The fourth-order valence-corrected chi connectivity index (χ4v) is 2.93. The van der Waals surface area contributed by atoms with Gasteiger partial charge in [0.25, 0.3) is 11.4 Å². The zero-order chi connectivity index (χ0) is 20.1. The maximum Gasteiger partial charge on any atom is 1.00 e. The standard InChI is InChI=1S/2C6H5NO5S.2Na/c2*8-7(9)5-3-1-2-4-6(5)13(10,11)12;;/h2*1-4H,(H,10,11,12);;/q;;2*+1/p-2. The van der Waals surface area contributed by atoms with Crippen molar-refractivity contribution in [2.45, 2.75) is 9.79 Å². The fraction of sp³-hybridized carbons (Fsp3) is 0. The molecule has 0 spiro atoms. The second-order valence-corrected chi connectivity index (χ2v) is 7.05. The molecule has 0 saturated heterocycles. The van der Waals surface area contributed by atoms with E-state index in [0.717, 1.165) is 24.3 Å². The van der Waals surface area contributed by atoms with Crippen LogP contribution >= 0.6 is 0 Å². The van der Waals surface area contributed by atoms with Crippen molar-refractivity contribution in [3.05, 3.63) is 68.8 Å². The van der Waals surface area contributed by atoms with Crippen LogP contribution in [0.1, 0.15) is 0 Å². The van der Waals surface area contributed by atoms with Gasteiger partial charge in [-0.2, -0.15) is 0 Å². The molecule has 140 valence electrons. The van der Waals surface area contributed by atoms with Crippen LogP contribution in [0.25, 0.3) is 0 Å². The number of benzene rings is 2. The molecule has 2 aromatic rings. The Morgan fingerprint density at radius 3 is 1.04 bits per heavy atom. The molecule has 2 aromatic carbocycles. The maximum atomic E-state index is 10.5. The topological polar surface area (TPSA) is 201 Å². The summed E-state index contributed by atoms with van der Waals surface area (Å²) in [5.41, 5.74) is -1.39. The predicted octanol–water partition coefficient (Wildman–Crippen LogP) is -4.99. The van der Waals surface area contributed by atoms with Crippen LogP contribution in [0.4, 0.5) is 11.4 Å². The van der Waals surface area contributed by atoms with Crippen LogP contribution in [-0.4, -0.2) is 35.8 Å². The molecule has 0 atom stereocenters. The molecular formula is C12H8N2Na2O10S2. The second kappa shape index (κ2) is 11.9. The molecule has 16 heteroatoms. The van der Waals surface area contributed by atoms with Crippen molar-refractivity contribution in [2.75, 3.05) is 0 Å². The summed E-state index contributed by atoms with van der Waals surface area (Å²) in [5, 5.41) is 20.5. The maximum absolute atomic E-state index is 10.5. The van der Waals surface area contributed by atoms with Crippen LogP contribution in [-0.2, 0) is 20.2 Å². The average Bonchev–Trinajstić information content (AvgIpc) is 2.54. The van der Waals surface area contributed by atoms with E-state index in [1.54, 1.807) is 0 Å². The number of hydrogen-bond acceptors (Lipinski definition) is 10. The van der Waals surface area contributed by atoms with E-state index < -0.39 is 51.2 Å². The SMILES string of the molecule is O=[N+]([O-])c1ccccc1S(=O)(=O)[O-].O=[N+]([O-])c1ccccc1S(=O)(=O)[O-].[Na+].[Na+]. The number of hydrogen-bond donors (Lipinski definition) is 0. The molecule has 0 saturated carbocycles. The summed E-state index contributed by atoms with van der Waals surface area (Å²) >= 11 is 0. The van der Waals surface area contributed by atoms with Gasteiger partial charge in [-0.1, -0.05) is 24.3 Å². The van der Waals surface area contributed by atoms with Gasteiger partial charge in [-0.05, 0) is 12.1 Å². The number of rotatable bonds is 4. The summed E-state index contributed by atoms with van der Waals surface area (Å²) < 4.78 is 63.0. The minimum atomic E-state index is -4.77. The second-order valence-electron chi connectivity index (χ2n) is 4.36. The zero-order valence-electron chi connectivity index (χ0n) is 14.4. The average molecular weight is 450 g/mol. The normalized spacial score (nSPS) is 10.4. The third kappa shape index (κ3) is 8.60. The van der Waals surface area contributed by atoms with Crippen LogP contribution < -0.4 is 59.1 Å². The number of nitro benzene ring substituents is 2. The van der Waals surface area contributed by atoms with Gasteiger partial charge in [0.15, 0.2) is 0 Å². The Bertz CT molecular complexity index is 972. The van der Waals surface area contributed by atoms with Gasteiger partial charge in [-0.3, -0.25) is 20.2 Å². The first kappa shape index (κ1) is 29.3. The van der Waals surface area contributed by atoms with Crippen molar-refractivity contribution in [1.29, 1.82) is 0 Å². The molecule has 0 aliphatic carbocycles. The van der Waals surface area contributed by atoms with Crippen molar-refractivity contribution in [1.82, 2.24) is 0 Å². The first-order valence-electron chi connectivity index (χ1n) is 6.24. The Labute approximate surface area is 203 Å². The molecular weight excluding hydrogens is 442 g/mol. The summed E-state index contributed by atoms with van der Waals surface area (Å²) in [7, 11) is -9.54. The van der Waals surface area contributed by atoms with Gasteiger partial charge in [-0.25, -0.2) is 16.8 Å². The smallest absolute Gasteiger partial charge is 0.744 e. The van der Waals surface area contributed by atoms with Gasteiger partial charge >= 0.3 is 59.1 Å². The largest absolute Gasteiger partial charge is 1.00 e. The quantitative estimate of drug-likeness (QED) is 0.188. The molecule has 0 aliphatic rings. The third-order valence-corrected chi connectivity index (χ3v) is 4.43.